The number of rotatable bonds is 3. The van der Waals surface area contributed by atoms with E-state index in [0.717, 1.165) is 22.3 Å². The number of aryl methyl sites for hydroxylation is 3. The Morgan fingerprint density at radius 1 is 0.880 bits per heavy atom. The van der Waals surface area contributed by atoms with Crippen LogP contribution in [0.5, 0.6) is 0 Å². The van der Waals surface area contributed by atoms with E-state index in [4.69, 9.17) is 4.11 Å². The molecule has 0 aliphatic carbocycles. The summed E-state index contributed by atoms with van der Waals surface area (Å²) in [5, 5.41) is 1.38. The summed E-state index contributed by atoms with van der Waals surface area (Å²) >= 11 is 0. The highest BCUT2D eigenvalue weighted by atomic mass is 28.3. The summed E-state index contributed by atoms with van der Waals surface area (Å²) in [4.78, 5) is 0. The lowest BCUT2D eigenvalue weighted by Crippen LogP contribution is -2.47. The van der Waals surface area contributed by atoms with Crippen LogP contribution in [0.1, 0.15) is 15.2 Å². The lowest BCUT2D eigenvalue weighted by Gasteiger charge is -2.20. The van der Waals surface area contributed by atoms with E-state index in [9.17, 15) is 0 Å². The highest BCUT2D eigenvalue weighted by Crippen LogP contribution is 2.31. The molecule has 0 N–H and O–H groups in total. The Morgan fingerprint density at radius 2 is 1.60 bits per heavy atom. The minimum absolute atomic E-state index is 0.410. The monoisotopic (exact) mass is 349 g/mol. The minimum Gasteiger partial charge on any atom is -0.201 e. The van der Waals surface area contributed by atoms with Crippen molar-refractivity contribution in [2.24, 2.45) is 7.05 Å². The largest absolute Gasteiger partial charge is 0.211 e. The first-order chi connectivity index (χ1) is 13.0. The van der Waals surface area contributed by atoms with Crippen molar-refractivity contribution in [2.75, 3.05) is 0 Å². The molecular weight excluding hydrogens is 318 g/mol. The molecule has 0 unspecified atom stereocenters. The van der Waals surface area contributed by atoms with E-state index in [1.165, 1.54) is 10.9 Å². The zero-order valence-corrected chi connectivity index (χ0v) is 16.7. The van der Waals surface area contributed by atoms with E-state index >= 15 is 0 Å². The molecule has 25 heavy (non-hydrogen) atoms. The standard InChI is InChI=1S/C23H28NSi/c1-17-15-18(2)21(16-20(17)19-11-8-7-9-12-19)23-22(25(4,5)6)13-10-14-24(23)3/h7-16H,1-6H3/q+1/i1D3. The third kappa shape index (κ3) is 3.45. The summed E-state index contributed by atoms with van der Waals surface area (Å²) in [5.41, 5.74) is 5.41. The molecule has 0 radical (unpaired) electrons. The van der Waals surface area contributed by atoms with E-state index in [0.29, 0.717) is 5.56 Å². The molecule has 2 heteroatoms. The quantitative estimate of drug-likeness (QED) is 0.462. The number of hydrogen-bond donors (Lipinski definition) is 0. The topological polar surface area (TPSA) is 3.88 Å². The fraction of sp³-hybridized carbons (Fsp3) is 0.261. The van der Waals surface area contributed by atoms with Crippen LogP contribution in [0.15, 0.2) is 60.8 Å². The molecule has 2 aromatic carbocycles. The first-order valence-electron chi connectivity index (χ1n) is 10.2. The van der Waals surface area contributed by atoms with Gasteiger partial charge in [0.1, 0.15) is 7.05 Å². The number of hydrogen-bond acceptors (Lipinski definition) is 0. The fourth-order valence-corrected chi connectivity index (χ4v) is 4.99. The van der Waals surface area contributed by atoms with E-state index in [1.807, 2.05) is 43.3 Å². The molecule has 0 amide bonds. The van der Waals surface area contributed by atoms with Crippen LogP contribution in [0.25, 0.3) is 22.4 Å². The minimum atomic E-state index is -2.16. The Hall–Kier alpha value is -2.19. The van der Waals surface area contributed by atoms with Crippen LogP contribution in [-0.4, -0.2) is 8.07 Å². The van der Waals surface area contributed by atoms with Crippen molar-refractivity contribution >= 4 is 13.3 Å². The Kier molecular flexibility index (Phi) is 3.71. The molecule has 128 valence electrons. The molecule has 1 nitrogen and oxygen atoms in total. The van der Waals surface area contributed by atoms with Gasteiger partial charge in [0, 0.05) is 20.9 Å². The predicted octanol–water partition coefficient (Wildman–Crippen LogP) is 5.01. The maximum absolute atomic E-state index is 8.05. The highest BCUT2D eigenvalue weighted by Gasteiger charge is 2.28. The zero-order valence-electron chi connectivity index (χ0n) is 18.7. The van der Waals surface area contributed by atoms with Crippen LogP contribution in [0, 0.1) is 13.8 Å². The fourth-order valence-electron chi connectivity index (χ4n) is 3.37. The maximum atomic E-state index is 8.05. The lowest BCUT2D eigenvalue weighted by molar-refractivity contribution is -0.659. The highest BCUT2D eigenvalue weighted by molar-refractivity contribution is 6.89. The number of nitrogens with zero attached hydrogens (tertiary/aromatic N) is 1. The van der Waals surface area contributed by atoms with Crippen LogP contribution in [0.4, 0.5) is 0 Å². The molecule has 0 aliphatic heterocycles. The molecule has 0 saturated carbocycles. The third-order valence-corrected chi connectivity index (χ3v) is 6.71. The third-order valence-electron chi connectivity index (χ3n) is 4.69. The molecule has 0 bridgehead atoms. The average Bonchev–Trinajstić information content (AvgIpc) is 2.61. The summed E-state index contributed by atoms with van der Waals surface area (Å²) in [6.07, 6.45) is 2.07. The van der Waals surface area contributed by atoms with Crippen LogP contribution in [0.2, 0.25) is 19.6 Å². The summed E-state index contributed by atoms with van der Waals surface area (Å²) in [6, 6.07) is 18.1. The second kappa shape index (κ2) is 6.60. The molecule has 0 spiro atoms. The zero-order chi connectivity index (χ0) is 20.7. The molecule has 3 rings (SSSR count). The van der Waals surface area contributed by atoms with Gasteiger partial charge in [0.25, 0.3) is 0 Å². The van der Waals surface area contributed by atoms with Crippen LogP contribution >= 0.6 is 0 Å². The van der Waals surface area contributed by atoms with Gasteiger partial charge in [-0.25, -0.2) is 4.57 Å². The van der Waals surface area contributed by atoms with Gasteiger partial charge in [0.15, 0.2) is 6.20 Å². The van der Waals surface area contributed by atoms with Crippen molar-refractivity contribution in [2.45, 2.75) is 33.4 Å². The van der Waals surface area contributed by atoms with E-state index in [-0.39, 0.29) is 0 Å². The molecule has 0 fully saturated rings. The van der Waals surface area contributed by atoms with Crippen LogP contribution in [0.3, 0.4) is 0 Å². The molecule has 1 heterocycles. The van der Waals surface area contributed by atoms with E-state index in [1.54, 1.807) is 0 Å². The summed E-state index contributed by atoms with van der Waals surface area (Å²) in [6.45, 7) is 6.89. The first-order valence-corrected chi connectivity index (χ1v) is 12.2. The Balaban J connectivity index is 2.37. The Labute approximate surface area is 157 Å². The number of pyridine rings is 1. The summed E-state index contributed by atoms with van der Waals surface area (Å²) in [5.74, 6) is 0. The second-order valence-corrected chi connectivity index (χ2v) is 12.7. The normalized spacial score (nSPS) is 13.9. The van der Waals surface area contributed by atoms with Crippen molar-refractivity contribution in [3.63, 3.8) is 0 Å². The molecule has 0 saturated heterocycles. The summed E-state index contributed by atoms with van der Waals surface area (Å²) in [7, 11) is 0.474. The molecule has 0 aliphatic rings. The van der Waals surface area contributed by atoms with Gasteiger partial charge in [-0.2, -0.15) is 0 Å². The van der Waals surface area contributed by atoms with Gasteiger partial charge in [-0.05, 0) is 42.1 Å². The Morgan fingerprint density at radius 3 is 2.24 bits per heavy atom. The average molecular weight is 350 g/mol. The van der Waals surface area contributed by atoms with Crippen LogP contribution in [-0.2, 0) is 7.05 Å². The Bertz CT molecular complexity index is 1000. The van der Waals surface area contributed by atoms with Gasteiger partial charge in [-0.3, -0.25) is 0 Å². The van der Waals surface area contributed by atoms with Gasteiger partial charge in [0.2, 0.25) is 5.69 Å². The van der Waals surface area contributed by atoms with Gasteiger partial charge in [-0.15, -0.1) is 0 Å². The van der Waals surface area contributed by atoms with Crippen molar-refractivity contribution < 1.29 is 8.68 Å². The van der Waals surface area contributed by atoms with Gasteiger partial charge in [0.05, 0.1) is 8.07 Å². The van der Waals surface area contributed by atoms with Gasteiger partial charge in [-0.1, -0.05) is 62.1 Å². The lowest BCUT2D eigenvalue weighted by atomic mass is 9.93. The maximum Gasteiger partial charge on any atom is 0.211 e. The molecule has 3 aromatic rings. The molecule has 1 aromatic heterocycles. The van der Waals surface area contributed by atoms with Gasteiger partial charge < -0.3 is 0 Å². The SMILES string of the molecule is [2H]C([2H])([2H])c1cc(C)c(-c2c([Si](C)(C)C)ccc[n+]2C)cc1-c1ccccc1. The molecule has 0 atom stereocenters. The first kappa shape index (κ1) is 14.0. The second-order valence-electron chi connectivity index (χ2n) is 7.71. The number of benzene rings is 2. The van der Waals surface area contributed by atoms with Crippen LogP contribution < -0.4 is 9.75 Å². The van der Waals surface area contributed by atoms with E-state index < -0.39 is 14.9 Å². The van der Waals surface area contributed by atoms with Crippen molar-refractivity contribution in [3.05, 3.63) is 71.9 Å². The smallest absolute Gasteiger partial charge is 0.201 e. The van der Waals surface area contributed by atoms with Crippen molar-refractivity contribution in [1.82, 2.24) is 0 Å². The molecular formula is C23H28NSi+. The summed E-state index contributed by atoms with van der Waals surface area (Å²) < 4.78 is 26.3. The predicted molar refractivity (Wildman–Crippen MR) is 111 cm³/mol. The number of aromatic nitrogens is 1. The van der Waals surface area contributed by atoms with Crippen molar-refractivity contribution in [1.29, 1.82) is 0 Å². The van der Waals surface area contributed by atoms with Crippen molar-refractivity contribution in [3.8, 4) is 22.4 Å². The van der Waals surface area contributed by atoms with Gasteiger partial charge >= 0.3 is 0 Å². The van der Waals surface area contributed by atoms with E-state index in [2.05, 4.69) is 55.7 Å².